The Balaban J connectivity index is -0.00000000294. The van der Waals surface area contributed by atoms with Crippen molar-refractivity contribution in [1.29, 1.82) is 5.26 Å². The van der Waals surface area contributed by atoms with Crippen molar-refractivity contribution >= 4 is 26.0 Å². The molecule has 12 nitrogen and oxygen atoms in total. The van der Waals surface area contributed by atoms with E-state index in [1.165, 1.54) is 6.19 Å². The Hall–Kier alpha value is -0.198. The van der Waals surface area contributed by atoms with E-state index in [0.29, 0.717) is 0 Å². The van der Waals surface area contributed by atoms with Crippen molar-refractivity contribution in [3.05, 3.63) is 0 Å². The predicted molar refractivity (Wildman–Crippen MR) is 69.6 cm³/mol. The van der Waals surface area contributed by atoms with Crippen LogP contribution in [0.15, 0.2) is 0 Å². The zero-order chi connectivity index (χ0) is 8.28. The standard InChI is InChI=1S/CH4N2S.CH2N2.Cd.4H3N.4H2O.S/c2-1(3)4;2-1-3;;;;;;;;;;/h(H4,2,3,4);2H2;;4*1H3;4*1H2;/p-2. The molecular weight excluding hydrogens is 377 g/mol. The molecule has 0 aromatic rings. The van der Waals surface area contributed by atoms with E-state index in [1.54, 1.807) is 0 Å². The summed E-state index contributed by atoms with van der Waals surface area (Å²) in [5, 5.41) is 7.10. The molecule has 0 unspecified atom stereocenters. The Morgan fingerprint density at radius 2 is 0.941 bits per heavy atom. The first-order valence-electron chi connectivity index (χ1n) is 1.58. The Bertz CT molecular complexity index is 112. The molecule has 112 valence electrons. The van der Waals surface area contributed by atoms with Crippen molar-refractivity contribution in [1.82, 2.24) is 24.6 Å². The summed E-state index contributed by atoms with van der Waals surface area (Å²) in [5.74, 6) is 0. The molecule has 0 bridgehead atoms. The van der Waals surface area contributed by atoms with Gasteiger partial charge in [0, 0.05) is 0 Å². The van der Waals surface area contributed by atoms with Gasteiger partial charge in [-0.3, -0.25) is 0 Å². The second kappa shape index (κ2) is 240. The maximum atomic E-state index is 7.10. The fourth-order valence-corrected chi connectivity index (χ4v) is 0. The number of nitrogens with two attached hydrogens (primary N) is 3. The first kappa shape index (κ1) is 125. The van der Waals surface area contributed by atoms with Crippen LogP contribution >= 0.6 is 20.9 Å². The summed E-state index contributed by atoms with van der Waals surface area (Å²) < 4.78 is 0. The second-order valence-corrected chi connectivity index (χ2v) is 1.00. The van der Waals surface area contributed by atoms with E-state index in [4.69, 9.17) is 5.26 Å². The fourth-order valence-electron chi connectivity index (χ4n) is 0. The SMILES string of the molecule is N.N.N.N.N#CN.NC(N)=S.O.O.[OH-].[OH-].[S]=[Cd]. The minimum absolute atomic E-state index is 0. The zero-order valence-corrected chi connectivity index (χ0v) is 15.1. The van der Waals surface area contributed by atoms with Gasteiger partial charge in [0.1, 0.15) is 0 Å². The molecule has 0 spiro atoms. The Morgan fingerprint density at radius 1 is 0.941 bits per heavy atom. The van der Waals surface area contributed by atoms with Crippen molar-refractivity contribution in [2.75, 3.05) is 0 Å². The molecule has 0 saturated heterocycles. The first-order chi connectivity index (χ1) is 4.15. The molecule has 0 atom stereocenters. The summed E-state index contributed by atoms with van der Waals surface area (Å²) in [6.45, 7) is 0. The summed E-state index contributed by atoms with van der Waals surface area (Å²) in [6.07, 6.45) is 1.25. The first-order valence-corrected chi connectivity index (χ1v) is 7.51. The third-order valence-electron chi connectivity index (χ3n) is 0. The molecule has 0 heterocycles. The van der Waals surface area contributed by atoms with Crippen LogP contribution in [0.1, 0.15) is 0 Å². The van der Waals surface area contributed by atoms with Gasteiger partial charge in [0.25, 0.3) is 0 Å². The average molecular weight is 401 g/mol. The van der Waals surface area contributed by atoms with Crippen molar-refractivity contribution in [2.24, 2.45) is 17.2 Å². The Kier molecular flexibility index (Phi) is 1760. The second-order valence-electron chi connectivity index (χ2n) is 0.531. The molecule has 17 heavy (non-hydrogen) atoms. The number of rotatable bonds is 0. The third-order valence-corrected chi connectivity index (χ3v) is 0. The van der Waals surface area contributed by atoms with Gasteiger partial charge in [-0.2, -0.15) is 5.26 Å². The predicted octanol–water partition coefficient (Wildman–Crippen LogP) is -2.09. The topological polar surface area (TPSA) is 365 Å². The quantitative estimate of drug-likeness (QED) is 0.0993. The molecule has 0 aromatic carbocycles. The molecule has 0 fully saturated rings. The number of hydrogen-bond acceptors (Lipinski definition) is 10. The van der Waals surface area contributed by atoms with Crippen LogP contribution in [0, 0.1) is 11.5 Å². The van der Waals surface area contributed by atoms with Gasteiger partial charge in [0.05, 0.1) is 0 Å². The summed E-state index contributed by atoms with van der Waals surface area (Å²) in [5.41, 5.74) is 13.4. The van der Waals surface area contributed by atoms with Crippen LogP contribution in [-0.2, 0) is 23.7 Å². The van der Waals surface area contributed by atoms with Crippen LogP contribution < -0.4 is 41.8 Å². The number of nitrogens with zero attached hydrogens (tertiary/aromatic N) is 1. The van der Waals surface area contributed by atoms with Gasteiger partial charge in [-0.25, -0.2) is 0 Å². The molecule has 0 radical (unpaired) electrons. The van der Waals surface area contributed by atoms with Gasteiger partial charge in [0.15, 0.2) is 11.3 Å². The molecule has 0 amide bonds. The zero-order valence-electron chi connectivity index (χ0n) is 9.43. The molecule has 15 heteroatoms. The van der Waals surface area contributed by atoms with Gasteiger partial charge >= 0.3 is 32.3 Å². The molecule has 0 aromatic heterocycles. The van der Waals surface area contributed by atoms with E-state index in [-0.39, 0.29) is 51.6 Å². The Morgan fingerprint density at radius 3 is 0.941 bits per heavy atom. The van der Waals surface area contributed by atoms with Crippen LogP contribution in [-0.4, -0.2) is 27.0 Å². The van der Waals surface area contributed by atoms with Crippen molar-refractivity contribution in [2.45, 2.75) is 0 Å². The van der Waals surface area contributed by atoms with Gasteiger partial charge in [-0.05, 0) is 12.2 Å². The summed E-state index contributed by atoms with van der Waals surface area (Å²) in [6, 6.07) is 0. The van der Waals surface area contributed by atoms with Crippen LogP contribution in [0.5, 0.6) is 0 Å². The molecule has 0 aliphatic carbocycles. The Labute approximate surface area is 124 Å². The molecule has 0 rings (SSSR count). The minimum atomic E-state index is 0. The average Bonchev–Trinajstić information content (AvgIpc) is 1.71. The maximum absolute atomic E-state index is 7.10. The molecule has 0 aliphatic rings. The van der Waals surface area contributed by atoms with Gasteiger partial charge in [-0.1, -0.05) is 0 Å². The monoisotopic (exact) mass is 402 g/mol. The van der Waals surface area contributed by atoms with E-state index in [1.807, 2.05) is 0 Å². The summed E-state index contributed by atoms with van der Waals surface area (Å²) in [4.78, 5) is 0. The van der Waals surface area contributed by atoms with E-state index < -0.39 is 0 Å². The van der Waals surface area contributed by atoms with E-state index in [9.17, 15) is 0 Å². The van der Waals surface area contributed by atoms with Crippen molar-refractivity contribution < 1.29 is 45.6 Å². The normalized spacial score (nSPS) is 2.18. The number of thiocarbonyl (C=S) groups is 1. The summed E-state index contributed by atoms with van der Waals surface area (Å²) in [7, 11) is 4.25. The fraction of sp³-hybridized carbons (Fsp3) is 0. The molecule has 0 aliphatic heterocycles. The molecule has 24 N–H and O–H groups in total. The summed E-state index contributed by atoms with van der Waals surface area (Å²) >= 11 is 4.83. The van der Waals surface area contributed by atoms with E-state index in [2.05, 4.69) is 38.1 Å². The molecular formula is C2H24CdN8O4S2-2. The van der Waals surface area contributed by atoms with Crippen LogP contribution in [0.25, 0.3) is 0 Å². The van der Waals surface area contributed by atoms with Crippen LogP contribution in [0.4, 0.5) is 0 Å². The van der Waals surface area contributed by atoms with Gasteiger partial charge < -0.3 is 63.7 Å². The van der Waals surface area contributed by atoms with Crippen molar-refractivity contribution in [3.8, 4) is 6.19 Å². The van der Waals surface area contributed by atoms with Crippen LogP contribution in [0.2, 0.25) is 0 Å². The van der Waals surface area contributed by atoms with Crippen molar-refractivity contribution in [3.63, 3.8) is 0 Å². The van der Waals surface area contributed by atoms with Crippen LogP contribution in [0.3, 0.4) is 0 Å². The van der Waals surface area contributed by atoms with Gasteiger partial charge in [-0.15, -0.1) is 0 Å². The van der Waals surface area contributed by atoms with E-state index >= 15 is 0 Å². The van der Waals surface area contributed by atoms with Gasteiger partial charge in [0.2, 0.25) is 0 Å². The van der Waals surface area contributed by atoms with E-state index in [0.717, 1.165) is 23.7 Å². The molecule has 0 saturated carbocycles. The number of hydrogen-bond donors (Lipinski definition) is 7. The third kappa shape index (κ3) is 76800. The number of nitriles is 1.